The van der Waals surface area contributed by atoms with Gasteiger partial charge in [0.05, 0.1) is 12.2 Å². The molecule has 0 fully saturated rings. The molecule has 1 atom stereocenters. The first kappa shape index (κ1) is 16.7. The first-order valence-corrected chi connectivity index (χ1v) is 8.88. The zero-order chi connectivity index (χ0) is 17.5. The third-order valence-electron chi connectivity index (χ3n) is 3.60. The second kappa shape index (κ2) is 6.04. The van der Waals surface area contributed by atoms with Crippen molar-refractivity contribution in [1.82, 2.24) is 19.4 Å². The van der Waals surface area contributed by atoms with Gasteiger partial charge >= 0.3 is 6.09 Å². The minimum absolute atomic E-state index is 0.303. The highest BCUT2D eigenvalue weighted by molar-refractivity contribution is 7.93. The van der Waals surface area contributed by atoms with Crippen molar-refractivity contribution >= 4 is 28.0 Å². The zero-order valence-electron chi connectivity index (χ0n) is 13.9. The number of hydrogen-bond donors (Lipinski definition) is 1. The van der Waals surface area contributed by atoms with Gasteiger partial charge in [0.1, 0.15) is 5.60 Å². The molecule has 2 aliphatic heterocycles. The van der Waals surface area contributed by atoms with Gasteiger partial charge < -0.3 is 9.64 Å². The van der Waals surface area contributed by atoms with E-state index in [1.54, 1.807) is 11.1 Å². The van der Waals surface area contributed by atoms with Crippen LogP contribution in [0.15, 0.2) is 12.3 Å². The third-order valence-corrected chi connectivity index (χ3v) is 4.67. The molecule has 1 aromatic rings. The largest absolute Gasteiger partial charge is 0.444 e. The molecule has 3 rings (SSSR count). The molecule has 0 spiro atoms. The molecule has 9 heteroatoms. The van der Waals surface area contributed by atoms with Crippen molar-refractivity contribution in [2.45, 2.75) is 45.8 Å². The third kappa shape index (κ3) is 3.50. The summed E-state index contributed by atoms with van der Waals surface area (Å²) in [6.45, 7) is 6.47. The highest BCUT2D eigenvalue weighted by atomic mass is 32.2. The predicted molar refractivity (Wildman–Crippen MR) is 87.8 cm³/mol. The molecule has 0 saturated carbocycles. The molecule has 8 nitrogen and oxygen atoms in total. The van der Waals surface area contributed by atoms with E-state index in [0.717, 1.165) is 17.7 Å². The summed E-state index contributed by atoms with van der Waals surface area (Å²) in [4.78, 5) is 25.3. The van der Waals surface area contributed by atoms with Crippen LogP contribution in [-0.4, -0.2) is 43.0 Å². The Hall–Kier alpha value is -2.16. The van der Waals surface area contributed by atoms with E-state index in [4.69, 9.17) is 4.74 Å². The van der Waals surface area contributed by atoms with E-state index in [1.165, 1.54) is 10.8 Å². The molecule has 130 valence electrons. The van der Waals surface area contributed by atoms with Gasteiger partial charge in [-0.25, -0.2) is 13.7 Å². The molecule has 1 unspecified atom stereocenters. The average Bonchev–Trinajstić information content (AvgIpc) is 2.93. The minimum atomic E-state index is -1.60. The molecule has 2 aliphatic rings. The van der Waals surface area contributed by atoms with Gasteiger partial charge in [-0.2, -0.15) is 5.10 Å². The average molecular weight is 352 g/mol. The Balaban J connectivity index is 1.81. The second-order valence-corrected chi connectivity index (χ2v) is 7.93. The molecule has 24 heavy (non-hydrogen) atoms. The van der Waals surface area contributed by atoms with E-state index in [0.29, 0.717) is 24.5 Å². The number of amides is 2. The number of rotatable bonds is 1. The number of fused-ring (bicyclic) bond motifs is 1. The lowest BCUT2D eigenvalue weighted by atomic mass is 10.2. The Labute approximate surface area is 142 Å². The highest BCUT2D eigenvalue weighted by Crippen LogP contribution is 2.22. The fourth-order valence-electron chi connectivity index (χ4n) is 2.60. The SMILES string of the molecule is CC(C)(C)OC(=O)N1CCCc2nn(C3=CC(=O)NS3=O)cc2C1. The Morgan fingerprint density at radius 2 is 2.17 bits per heavy atom. The van der Waals surface area contributed by atoms with Crippen molar-refractivity contribution in [2.75, 3.05) is 6.54 Å². The van der Waals surface area contributed by atoms with Crippen molar-refractivity contribution in [2.24, 2.45) is 0 Å². The van der Waals surface area contributed by atoms with Gasteiger partial charge in [0.15, 0.2) is 16.0 Å². The number of aryl methyl sites for hydroxylation is 1. The number of aromatic nitrogens is 2. The minimum Gasteiger partial charge on any atom is -0.444 e. The van der Waals surface area contributed by atoms with Gasteiger partial charge in [0, 0.05) is 24.4 Å². The van der Waals surface area contributed by atoms with Crippen molar-refractivity contribution < 1.29 is 18.5 Å². The number of nitrogens with zero attached hydrogens (tertiary/aromatic N) is 3. The molecule has 2 amide bonds. The number of carbonyl (C=O) groups excluding carboxylic acids is 2. The summed E-state index contributed by atoms with van der Waals surface area (Å²) in [6, 6.07) is 0. The molecule has 0 radical (unpaired) electrons. The maximum Gasteiger partial charge on any atom is 0.410 e. The van der Waals surface area contributed by atoms with E-state index < -0.39 is 22.5 Å². The summed E-state index contributed by atoms with van der Waals surface area (Å²) in [7, 11) is -1.60. The van der Waals surface area contributed by atoms with E-state index in [9.17, 15) is 13.8 Å². The first-order chi connectivity index (χ1) is 11.2. The van der Waals surface area contributed by atoms with Crippen LogP contribution in [0.2, 0.25) is 0 Å². The molecular weight excluding hydrogens is 332 g/mol. The van der Waals surface area contributed by atoms with Crippen LogP contribution in [0.25, 0.3) is 5.03 Å². The van der Waals surface area contributed by atoms with E-state index in [2.05, 4.69) is 9.82 Å². The number of nitrogens with one attached hydrogen (secondary N) is 1. The Morgan fingerprint density at radius 3 is 2.79 bits per heavy atom. The van der Waals surface area contributed by atoms with Gasteiger partial charge in [-0.3, -0.25) is 9.52 Å². The topological polar surface area (TPSA) is 93.5 Å². The first-order valence-electron chi connectivity index (χ1n) is 7.73. The maximum absolute atomic E-state index is 12.3. The van der Waals surface area contributed by atoms with Crippen molar-refractivity contribution in [3.63, 3.8) is 0 Å². The fourth-order valence-corrected chi connectivity index (χ4v) is 3.42. The van der Waals surface area contributed by atoms with Crippen LogP contribution in [0.1, 0.15) is 38.4 Å². The summed E-state index contributed by atoms with van der Waals surface area (Å²) in [5.74, 6) is -0.399. The van der Waals surface area contributed by atoms with Crippen molar-refractivity contribution in [1.29, 1.82) is 0 Å². The van der Waals surface area contributed by atoms with Gasteiger partial charge in [0.25, 0.3) is 5.91 Å². The van der Waals surface area contributed by atoms with Gasteiger partial charge in [0.2, 0.25) is 0 Å². The Kier molecular flexibility index (Phi) is 4.20. The van der Waals surface area contributed by atoms with Crippen molar-refractivity contribution in [3.8, 4) is 0 Å². The van der Waals surface area contributed by atoms with E-state index in [-0.39, 0.29) is 6.09 Å². The quantitative estimate of drug-likeness (QED) is 0.818. The maximum atomic E-state index is 12.3. The lowest BCUT2D eigenvalue weighted by Gasteiger charge is -2.26. The molecule has 3 heterocycles. The smallest absolute Gasteiger partial charge is 0.410 e. The molecule has 0 bridgehead atoms. The van der Waals surface area contributed by atoms with Gasteiger partial charge in [-0.1, -0.05) is 0 Å². The Bertz CT molecular complexity index is 747. The predicted octanol–water partition coefficient (Wildman–Crippen LogP) is 1.16. The van der Waals surface area contributed by atoms with Crippen LogP contribution in [0.4, 0.5) is 4.79 Å². The van der Waals surface area contributed by atoms with Crippen LogP contribution in [-0.2, 0) is 33.5 Å². The van der Waals surface area contributed by atoms with E-state index in [1.807, 2.05) is 20.8 Å². The lowest BCUT2D eigenvalue weighted by molar-refractivity contribution is -0.114. The number of ether oxygens (including phenoxy) is 1. The van der Waals surface area contributed by atoms with Crippen LogP contribution in [0, 0.1) is 0 Å². The monoisotopic (exact) mass is 352 g/mol. The highest BCUT2D eigenvalue weighted by Gasteiger charge is 2.28. The number of hydrogen-bond acceptors (Lipinski definition) is 5. The molecule has 0 aliphatic carbocycles. The van der Waals surface area contributed by atoms with Crippen molar-refractivity contribution in [3.05, 3.63) is 23.5 Å². The van der Waals surface area contributed by atoms with Crippen LogP contribution < -0.4 is 4.72 Å². The number of carbonyl (C=O) groups is 2. The Morgan fingerprint density at radius 1 is 1.42 bits per heavy atom. The lowest BCUT2D eigenvalue weighted by Crippen LogP contribution is -2.36. The zero-order valence-corrected chi connectivity index (χ0v) is 14.7. The van der Waals surface area contributed by atoms with Crippen LogP contribution in [0.3, 0.4) is 0 Å². The molecule has 1 N–H and O–H groups in total. The van der Waals surface area contributed by atoms with Crippen LogP contribution in [0.5, 0.6) is 0 Å². The van der Waals surface area contributed by atoms with E-state index >= 15 is 0 Å². The van der Waals surface area contributed by atoms with Gasteiger partial charge in [-0.05, 0) is 33.6 Å². The standard InChI is InChI=1S/C15H20N4O4S/c1-15(2,3)23-14(21)18-6-4-5-11-10(8-18)9-19(16-11)13-7-12(20)17-24(13)22/h7,9H,4-6,8H2,1-3H3,(H,17,20). The molecular formula is C15H20N4O4S. The summed E-state index contributed by atoms with van der Waals surface area (Å²) >= 11 is 0. The molecule has 0 saturated heterocycles. The van der Waals surface area contributed by atoms with Crippen LogP contribution >= 0.6 is 0 Å². The fraction of sp³-hybridized carbons (Fsp3) is 0.533. The normalized spacial score (nSPS) is 21.0. The van der Waals surface area contributed by atoms with Gasteiger partial charge in [-0.15, -0.1) is 0 Å². The second-order valence-electron chi connectivity index (χ2n) is 6.77. The molecule has 1 aromatic heterocycles. The summed E-state index contributed by atoms with van der Waals surface area (Å²) in [5.41, 5.74) is 1.17. The summed E-state index contributed by atoms with van der Waals surface area (Å²) in [5, 5.41) is 4.73. The molecule has 0 aromatic carbocycles. The summed E-state index contributed by atoms with van der Waals surface area (Å²) in [6.07, 6.45) is 4.12. The summed E-state index contributed by atoms with van der Waals surface area (Å²) < 4.78 is 21.1.